The van der Waals surface area contributed by atoms with Crippen LogP contribution in [0.25, 0.3) is 4.96 Å². The van der Waals surface area contributed by atoms with Crippen molar-refractivity contribution in [2.45, 2.75) is 6.92 Å². The first-order valence-corrected chi connectivity index (χ1v) is 7.06. The summed E-state index contributed by atoms with van der Waals surface area (Å²) in [6.07, 6.45) is 2.62. The van der Waals surface area contributed by atoms with Gasteiger partial charge in [-0.25, -0.2) is 9.37 Å². The van der Waals surface area contributed by atoms with Gasteiger partial charge in [-0.3, -0.25) is 9.20 Å². The Hall–Kier alpha value is -2.21. The second-order valence-electron chi connectivity index (χ2n) is 4.21. The van der Waals surface area contributed by atoms with Gasteiger partial charge >= 0.3 is 0 Å². The molecule has 4 nitrogen and oxygen atoms in total. The predicted octanol–water partition coefficient (Wildman–Crippen LogP) is 3.51. The van der Waals surface area contributed by atoms with Gasteiger partial charge in [0.05, 0.1) is 0 Å². The molecule has 2 heterocycles. The molecule has 0 fully saturated rings. The third-order valence-corrected chi connectivity index (χ3v) is 3.86. The van der Waals surface area contributed by atoms with Gasteiger partial charge in [-0.15, -0.1) is 11.3 Å². The smallest absolute Gasteiger partial charge is 0.196 e. The average molecular weight is 289 g/mol. The molecule has 2 aromatic heterocycles. The Kier molecular flexibility index (Phi) is 3.23. The van der Waals surface area contributed by atoms with E-state index in [0.717, 1.165) is 16.9 Å². The monoisotopic (exact) mass is 289 g/mol. The van der Waals surface area contributed by atoms with Crippen molar-refractivity contribution in [3.05, 3.63) is 47.4 Å². The maximum absolute atomic E-state index is 13.0. The molecule has 1 aromatic carbocycles. The summed E-state index contributed by atoms with van der Waals surface area (Å²) in [6.45, 7) is 2.60. The maximum atomic E-state index is 13.0. The Morgan fingerprint density at radius 1 is 1.40 bits per heavy atom. The van der Waals surface area contributed by atoms with Crippen LogP contribution in [0.5, 0.6) is 0 Å². The average Bonchev–Trinajstić information content (AvgIpc) is 3.02. The first-order valence-electron chi connectivity index (χ1n) is 6.18. The van der Waals surface area contributed by atoms with Crippen molar-refractivity contribution in [2.75, 3.05) is 11.4 Å². The first-order chi connectivity index (χ1) is 9.74. The number of halogens is 1. The topological polar surface area (TPSA) is 37.6 Å². The summed E-state index contributed by atoms with van der Waals surface area (Å²) in [6, 6.07) is 6.16. The zero-order valence-electron chi connectivity index (χ0n) is 10.8. The number of anilines is 2. The first kappa shape index (κ1) is 12.8. The van der Waals surface area contributed by atoms with E-state index in [2.05, 4.69) is 4.98 Å². The van der Waals surface area contributed by atoms with E-state index in [1.807, 2.05) is 23.4 Å². The maximum Gasteiger partial charge on any atom is 0.196 e. The number of nitrogens with zero attached hydrogens (tertiary/aromatic N) is 3. The highest BCUT2D eigenvalue weighted by molar-refractivity contribution is 7.15. The van der Waals surface area contributed by atoms with Crippen molar-refractivity contribution in [1.82, 2.24) is 9.38 Å². The fourth-order valence-corrected chi connectivity index (χ4v) is 2.89. The summed E-state index contributed by atoms with van der Waals surface area (Å²) in [5.74, 6) is 0.312. The number of aromatic nitrogens is 2. The van der Waals surface area contributed by atoms with Crippen molar-refractivity contribution in [1.29, 1.82) is 0 Å². The molecular formula is C14H12FN3OS. The number of benzene rings is 1. The fraction of sp³-hybridized carbons (Fsp3) is 0.143. The van der Waals surface area contributed by atoms with E-state index < -0.39 is 0 Å². The number of imidazole rings is 1. The molecule has 20 heavy (non-hydrogen) atoms. The summed E-state index contributed by atoms with van der Waals surface area (Å²) in [5, 5.41) is 1.88. The van der Waals surface area contributed by atoms with E-state index in [9.17, 15) is 9.18 Å². The molecule has 0 saturated heterocycles. The van der Waals surface area contributed by atoms with Crippen molar-refractivity contribution in [2.24, 2.45) is 0 Å². The van der Waals surface area contributed by atoms with Crippen LogP contribution in [0, 0.1) is 5.82 Å². The van der Waals surface area contributed by atoms with Crippen molar-refractivity contribution in [3.63, 3.8) is 0 Å². The van der Waals surface area contributed by atoms with Crippen LogP contribution in [0.2, 0.25) is 0 Å². The number of fused-ring (bicyclic) bond motifs is 1. The molecule has 0 saturated carbocycles. The molecule has 0 spiro atoms. The van der Waals surface area contributed by atoms with Gasteiger partial charge in [0, 0.05) is 23.8 Å². The Bertz CT molecular complexity index is 747. The third-order valence-electron chi connectivity index (χ3n) is 3.10. The van der Waals surface area contributed by atoms with Gasteiger partial charge in [0.1, 0.15) is 11.5 Å². The minimum Gasteiger partial charge on any atom is -0.325 e. The number of thiazole rings is 1. The number of aldehydes is 1. The number of carbonyl (C=O) groups is 1. The van der Waals surface area contributed by atoms with Crippen LogP contribution in [0.1, 0.15) is 17.4 Å². The summed E-state index contributed by atoms with van der Waals surface area (Å²) < 4.78 is 14.8. The molecule has 0 atom stereocenters. The summed E-state index contributed by atoms with van der Waals surface area (Å²) in [4.78, 5) is 18.5. The lowest BCUT2D eigenvalue weighted by molar-refractivity contribution is 0.111. The Balaban J connectivity index is 2.13. The minimum absolute atomic E-state index is 0.286. The van der Waals surface area contributed by atoms with E-state index in [-0.39, 0.29) is 5.82 Å². The molecule has 3 rings (SSSR count). The zero-order valence-corrected chi connectivity index (χ0v) is 11.6. The molecule has 0 unspecified atom stereocenters. The highest BCUT2D eigenvalue weighted by Gasteiger charge is 2.18. The van der Waals surface area contributed by atoms with E-state index in [4.69, 9.17) is 0 Å². The molecule has 102 valence electrons. The largest absolute Gasteiger partial charge is 0.325 e. The molecule has 0 aliphatic heterocycles. The number of hydrogen-bond acceptors (Lipinski definition) is 4. The molecule has 0 N–H and O–H groups in total. The molecule has 6 heteroatoms. The van der Waals surface area contributed by atoms with Gasteiger partial charge in [0.15, 0.2) is 17.1 Å². The Morgan fingerprint density at radius 2 is 2.15 bits per heavy atom. The Labute approximate surface area is 119 Å². The van der Waals surface area contributed by atoms with Crippen LogP contribution in [0.15, 0.2) is 35.8 Å². The van der Waals surface area contributed by atoms with Gasteiger partial charge in [0.25, 0.3) is 0 Å². The van der Waals surface area contributed by atoms with E-state index in [1.54, 1.807) is 16.5 Å². The standard InChI is InChI=1S/C14H12FN3OS/c1-2-17(11-5-3-10(15)4-6-11)13-12(9-19)18-7-8-20-14(18)16-13/h3-9H,2H2,1H3. The van der Waals surface area contributed by atoms with E-state index in [0.29, 0.717) is 18.1 Å². The third kappa shape index (κ3) is 1.98. The highest BCUT2D eigenvalue weighted by Crippen LogP contribution is 2.29. The van der Waals surface area contributed by atoms with Crippen LogP contribution in [0.4, 0.5) is 15.9 Å². The van der Waals surface area contributed by atoms with Crippen molar-refractivity contribution < 1.29 is 9.18 Å². The van der Waals surface area contributed by atoms with Gasteiger partial charge in [-0.05, 0) is 31.2 Å². The SMILES string of the molecule is CCN(c1ccc(F)cc1)c1nc2sccn2c1C=O. The van der Waals surface area contributed by atoms with Crippen LogP contribution >= 0.6 is 11.3 Å². The second kappa shape index (κ2) is 5.05. The molecule has 0 bridgehead atoms. The summed E-state index contributed by atoms with van der Waals surface area (Å²) >= 11 is 1.47. The Morgan fingerprint density at radius 3 is 2.80 bits per heavy atom. The molecule has 0 radical (unpaired) electrons. The number of hydrogen-bond donors (Lipinski definition) is 0. The second-order valence-corrected chi connectivity index (χ2v) is 5.09. The van der Waals surface area contributed by atoms with Crippen molar-refractivity contribution in [3.8, 4) is 0 Å². The fourth-order valence-electron chi connectivity index (χ4n) is 2.18. The van der Waals surface area contributed by atoms with Gasteiger partial charge in [-0.2, -0.15) is 0 Å². The van der Waals surface area contributed by atoms with Crippen molar-refractivity contribution >= 4 is 34.1 Å². The minimum atomic E-state index is -0.286. The lowest BCUT2D eigenvalue weighted by Crippen LogP contribution is -2.18. The van der Waals surface area contributed by atoms with Crippen LogP contribution in [-0.2, 0) is 0 Å². The number of rotatable bonds is 4. The predicted molar refractivity (Wildman–Crippen MR) is 77.5 cm³/mol. The lowest BCUT2D eigenvalue weighted by atomic mass is 10.2. The summed E-state index contributed by atoms with van der Waals surface area (Å²) in [7, 11) is 0. The van der Waals surface area contributed by atoms with Crippen LogP contribution < -0.4 is 4.90 Å². The molecule has 3 aromatic rings. The van der Waals surface area contributed by atoms with Gasteiger partial charge in [-0.1, -0.05) is 0 Å². The zero-order chi connectivity index (χ0) is 14.1. The molecule has 0 amide bonds. The number of carbonyl (C=O) groups excluding carboxylic acids is 1. The summed E-state index contributed by atoms with van der Waals surface area (Å²) in [5.41, 5.74) is 1.31. The van der Waals surface area contributed by atoms with Gasteiger partial charge < -0.3 is 4.90 Å². The van der Waals surface area contributed by atoms with E-state index >= 15 is 0 Å². The van der Waals surface area contributed by atoms with E-state index in [1.165, 1.54) is 23.5 Å². The normalized spacial score (nSPS) is 10.9. The van der Waals surface area contributed by atoms with Crippen LogP contribution in [-0.4, -0.2) is 22.2 Å². The quantitative estimate of drug-likeness (QED) is 0.690. The lowest BCUT2D eigenvalue weighted by Gasteiger charge is -2.21. The van der Waals surface area contributed by atoms with Crippen LogP contribution in [0.3, 0.4) is 0 Å². The van der Waals surface area contributed by atoms with Gasteiger partial charge in [0.2, 0.25) is 0 Å². The molecular weight excluding hydrogens is 277 g/mol. The molecule has 0 aliphatic rings. The molecule has 0 aliphatic carbocycles. The highest BCUT2D eigenvalue weighted by atomic mass is 32.1.